The molecule has 2 aromatic heterocycles. The van der Waals surface area contributed by atoms with Crippen LogP contribution >= 0.6 is 0 Å². The van der Waals surface area contributed by atoms with Gasteiger partial charge in [0.15, 0.2) is 5.82 Å². The van der Waals surface area contributed by atoms with E-state index in [0.29, 0.717) is 23.6 Å². The Kier molecular flexibility index (Phi) is 3.62. The van der Waals surface area contributed by atoms with Gasteiger partial charge in [-0.25, -0.2) is 5.10 Å². The summed E-state index contributed by atoms with van der Waals surface area (Å²) in [7, 11) is 0. The third kappa shape index (κ3) is 2.56. The summed E-state index contributed by atoms with van der Waals surface area (Å²) < 4.78 is 1.52. The maximum atomic E-state index is 12.3. The smallest absolute Gasteiger partial charge is 0.264 e. The lowest BCUT2D eigenvalue weighted by molar-refractivity contribution is -0.116. The highest BCUT2D eigenvalue weighted by Gasteiger charge is 2.32. The minimum absolute atomic E-state index is 0.127. The average molecular weight is 346 g/mol. The molecule has 0 spiro atoms. The number of rotatable bonds is 2. The lowest BCUT2D eigenvalue weighted by Gasteiger charge is -2.24. The predicted octanol–water partition coefficient (Wildman–Crippen LogP) is 1.61. The Morgan fingerprint density at radius 2 is 1.96 bits per heavy atom. The van der Waals surface area contributed by atoms with E-state index in [0.717, 1.165) is 16.8 Å². The van der Waals surface area contributed by atoms with E-state index in [1.54, 1.807) is 18.2 Å². The van der Waals surface area contributed by atoms with Crippen molar-refractivity contribution in [2.75, 3.05) is 5.32 Å². The first-order valence-corrected chi connectivity index (χ1v) is 8.02. The number of aromatic nitrogens is 4. The fraction of sp³-hybridized carbons (Fsp3) is 0.167. The largest absolute Gasteiger partial charge is 0.310 e. The molecule has 128 valence electrons. The fourth-order valence-corrected chi connectivity index (χ4v) is 3.24. The molecule has 3 heterocycles. The Morgan fingerprint density at radius 1 is 1.19 bits per heavy atom. The van der Waals surface area contributed by atoms with Crippen molar-refractivity contribution in [2.45, 2.75) is 19.3 Å². The second-order valence-corrected chi connectivity index (χ2v) is 6.08. The SMILES string of the molecule is Cc1nn(-c2ccc(=O)[nH]n2)c2c1[C@H](c1ccc(C#N)cc1)CC(=O)N2. The highest BCUT2D eigenvalue weighted by Crippen LogP contribution is 2.39. The van der Waals surface area contributed by atoms with Crippen molar-refractivity contribution in [1.82, 2.24) is 20.0 Å². The summed E-state index contributed by atoms with van der Waals surface area (Å²) in [6, 6.07) is 12.2. The molecule has 0 aliphatic carbocycles. The molecule has 0 bridgehead atoms. The minimum atomic E-state index is -0.314. The van der Waals surface area contributed by atoms with Crippen LogP contribution in [-0.4, -0.2) is 25.9 Å². The number of hydrogen-bond donors (Lipinski definition) is 2. The molecule has 8 nitrogen and oxygen atoms in total. The highest BCUT2D eigenvalue weighted by atomic mass is 16.1. The van der Waals surface area contributed by atoms with Crippen LogP contribution in [0.2, 0.25) is 0 Å². The Morgan fingerprint density at radius 3 is 2.62 bits per heavy atom. The van der Waals surface area contributed by atoms with Crippen LogP contribution in [0, 0.1) is 18.3 Å². The molecule has 1 aliphatic rings. The summed E-state index contributed by atoms with van der Waals surface area (Å²) in [6.45, 7) is 1.87. The summed E-state index contributed by atoms with van der Waals surface area (Å²) in [5, 5.41) is 22.7. The van der Waals surface area contributed by atoms with Crippen LogP contribution in [-0.2, 0) is 4.79 Å². The third-order valence-corrected chi connectivity index (χ3v) is 4.43. The first-order valence-electron chi connectivity index (χ1n) is 8.02. The van der Waals surface area contributed by atoms with E-state index in [4.69, 9.17) is 5.26 Å². The van der Waals surface area contributed by atoms with Gasteiger partial charge >= 0.3 is 0 Å². The van der Waals surface area contributed by atoms with Crippen LogP contribution in [0.4, 0.5) is 5.82 Å². The first kappa shape index (κ1) is 15.8. The highest BCUT2D eigenvalue weighted by molar-refractivity contribution is 5.95. The van der Waals surface area contributed by atoms with Gasteiger partial charge in [0, 0.05) is 24.0 Å². The number of amides is 1. The van der Waals surface area contributed by atoms with E-state index in [-0.39, 0.29) is 17.4 Å². The zero-order chi connectivity index (χ0) is 18.3. The molecule has 0 saturated heterocycles. The molecule has 26 heavy (non-hydrogen) atoms. The van der Waals surface area contributed by atoms with Gasteiger partial charge in [0.25, 0.3) is 5.56 Å². The molecule has 4 rings (SSSR count). The number of aryl methyl sites for hydroxylation is 1. The van der Waals surface area contributed by atoms with Gasteiger partial charge in [-0.2, -0.15) is 20.1 Å². The molecule has 2 N–H and O–H groups in total. The van der Waals surface area contributed by atoms with Crippen LogP contribution in [0.15, 0.2) is 41.2 Å². The number of carbonyl (C=O) groups is 1. The molecule has 1 aromatic carbocycles. The number of nitrogens with one attached hydrogen (secondary N) is 2. The number of benzene rings is 1. The standard InChI is InChI=1S/C18H14N6O2/c1-10-17-13(12-4-2-11(9-19)3-5-12)8-16(26)20-18(17)24(23-10)14-6-7-15(25)22-21-14/h2-7,13H,8H2,1H3,(H,20,26)(H,22,25)/t13-/m0/s1. The average Bonchev–Trinajstić information content (AvgIpc) is 2.98. The summed E-state index contributed by atoms with van der Waals surface area (Å²) in [5.41, 5.74) is 2.87. The summed E-state index contributed by atoms with van der Waals surface area (Å²) >= 11 is 0. The number of anilines is 1. The molecular formula is C18H14N6O2. The Hall–Kier alpha value is -3.73. The fourth-order valence-electron chi connectivity index (χ4n) is 3.24. The molecule has 8 heteroatoms. The zero-order valence-electron chi connectivity index (χ0n) is 13.9. The van der Waals surface area contributed by atoms with Crippen LogP contribution in [0.5, 0.6) is 0 Å². The summed E-state index contributed by atoms with van der Waals surface area (Å²) in [4.78, 5) is 23.5. The maximum absolute atomic E-state index is 12.3. The second kappa shape index (κ2) is 5.97. The van der Waals surface area contributed by atoms with Gasteiger partial charge in [-0.3, -0.25) is 9.59 Å². The minimum Gasteiger partial charge on any atom is -0.310 e. The van der Waals surface area contributed by atoms with Crippen molar-refractivity contribution in [3.63, 3.8) is 0 Å². The zero-order valence-corrected chi connectivity index (χ0v) is 13.9. The first-order chi connectivity index (χ1) is 12.6. The molecule has 0 saturated carbocycles. The number of fused-ring (bicyclic) bond motifs is 1. The number of nitriles is 1. The van der Waals surface area contributed by atoms with E-state index in [2.05, 4.69) is 26.7 Å². The normalized spacial score (nSPS) is 15.8. The number of nitrogens with zero attached hydrogens (tertiary/aromatic N) is 4. The van der Waals surface area contributed by atoms with Gasteiger partial charge in [-0.15, -0.1) is 0 Å². The predicted molar refractivity (Wildman–Crippen MR) is 93.0 cm³/mol. The van der Waals surface area contributed by atoms with Crippen molar-refractivity contribution >= 4 is 11.7 Å². The van der Waals surface area contributed by atoms with E-state index < -0.39 is 0 Å². The van der Waals surface area contributed by atoms with E-state index >= 15 is 0 Å². The summed E-state index contributed by atoms with van der Waals surface area (Å²) in [6.07, 6.45) is 0.296. The monoisotopic (exact) mass is 346 g/mol. The van der Waals surface area contributed by atoms with E-state index in [1.165, 1.54) is 10.7 Å². The van der Waals surface area contributed by atoms with Gasteiger partial charge < -0.3 is 5.32 Å². The quantitative estimate of drug-likeness (QED) is 0.731. The van der Waals surface area contributed by atoms with Crippen molar-refractivity contribution in [3.05, 3.63) is 69.1 Å². The molecule has 1 amide bonds. The van der Waals surface area contributed by atoms with Crippen LogP contribution < -0.4 is 10.9 Å². The van der Waals surface area contributed by atoms with Gasteiger partial charge in [-0.1, -0.05) is 12.1 Å². The Bertz CT molecular complexity index is 1080. The number of H-pyrrole nitrogens is 1. The third-order valence-electron chi connectivity index (χ3n) is 4.43. The molecule has 1 atom stereocenters. The summed E-state index contributed by atoms with van der Waals surface area (Å²) in [5.74, 6) is 0.669. The lowest BCUT2D eigenvalue weighted by atomic mass is 9.85. The van der Waals surface area contributed by atoms with Gasteiger partial charge in [-0.05, 0) is 30.7 Å². The van der Waals surface area contributed by atoms with E-state index in [1.807, 2.05) is 19.1 Å². The lowest BCUT2D eigenvalue weighted by Crippen LogP contribution is -2.25. The molecule has 3 aromatic rings. The van der Waals surface area contributed by atoms with Crippen molar-refractivity contribution in [3.8, 4) is 11.9 Å². The molecule has 0 radical (unpaired) electrons. The molecule has 1 aliphatic heterocycles. The van der Waals surface area contributed by atoms with Crippen LogP contribution in [0.25, 0.3) is 5.82 Å². The van der Waals surface area contributed by atoms with Crippen LogP contribution in [0.1, 0.15) is 34.7 Å². The number of carbonyl (C=O) groups excluding carboxylic acids is 1. The van der Waals surface area contributed by atoms with Gasteiger partial charge in [0.1, 0.15) is 5.82 Å². The molecule has 0 unspecified atom stereocenters. The van der Waals surface area contributed by atoms with Crippen molar-refractivity contribution < 1.29 is 4.79 Å². The molecule has 0 fully saturated rings. The van der Waals surface area contributed by atoms with Gasteiger partial charge in [0.2, 0.25) is 5.91 Å². The van der Waals surface area contributed by atoms with E-state index in [9.17, 15) is 9.59 Å². The molecular weight excluding hydrogens is 332 g/mol. The number of aromatic amines is 1. The van der Waals surface area contributed by atoms with Gasteiger partial charge in [0.05, 0.1) is 17.3 Å². The van der Waals surface area contributed by atoms with Crippen LogP contribution in [0.3, 0.4) is 0 Å². The number of hydrogen-bond acceptors (Lipinski definition) is 5. The second-order valence-electron chi connectivity index (χ2n) is 6.08. The maximum Gasteiger partial charge on any atom is 0.264 e. The topological polar surface area (TPSA) is 116 Å². The Labute approximate surface area is 148 Å². The van der Waals surface area contributed by atoms with Crippen molar-refractivity contribution in [1.29, 1.82) is 5.26 Å². The Balaban J connectivity index is 1.85. The van der Waals surface area contributed by atoms with Crippen molar-refractivity contribution in [2.24, 2.45) is 0 Å².